The highest BCUT2D eigenvalue weighted by molar-refractivity contribution is 5.87. The summed E-state index contributed by atoms with van der Waals surface area (Å²) in [7, 11) is 0. The summed E-state index contributed by atoms with van der Waals surface area (Å²) >= 11 is 0. The molecule has 0 aliphatic rings. The molecule has 0 spiro atoms. The van der Waals surface area contributed by atoms with Crippen LogP contribution < -0.4 is 10.6 Å². The maximum Gasteiger partial charge on any atom is 0.239 e. The van der Waals surface area contributed by atoms with Crippen LogP contribution in [0.3, 0.4) is 0 Å². The summed E-state index contributed by atoms with van der Waals surface area (Å²) in [5.74, 6) is -0.311. The summed E-state index contributed by atoms with van der Waals surface area (Å²) in [6.45, 7) is 5.92. The highest BCUT2D eigenvalue weighted by Crippen LogP contribution is 2.11. The first-order valence-electron chi connectivity index (χ1n) is 5.98. The van der Waals surface area contributed by atoms with Crippen molar-refractivity contribution in [2.24, 2.45) is 5.41 Å². The maximum absolute atomic E-state index is 11.6. The van der Waals surface area contributed by atoms with Crippen molar-refractivity contribution >= 4 is 11.8 Å². The van der Waals surface area contributed by atoms with Crippen molar-refractivity contribution in [2.45, 2.75) is 27.3 Å². The van der Waals surface area contributed by atoms with E-state index in [-0.39, 0.29) is 18.4 Å². The number of carbonyl (C=O) groups is 2. The molecule has 2 N–H and O–H groups in total. The fourth-order valence-electron chi connectivity index (χ4n) is 1.28. The summed E-state index contributed by atoms with van der Waals surface area (Å²) < 4.78 is 0. The van der Waals surface area contributed by atoms with Gasteiger partial charge in [0.25, 0.3) is 0 Å². The molecule has 18 heavy (non-hydrogen) atoms. The second kappa shape index (κ2) is 6.19. The zero-order valence-corrected chi connectivity index (χ0v) is 11.1. The number of hydrogen-bond acceptors (Lipinski definition) is 2. The van der Waals surface area contributed by atoms with Crippen LogP contribution in [-0.4, -0.2) is 18.4 Å². The third kappa shape index (κ3) is 4.99. The number of amides is 2. The van der Waals surface area contributed by atoms with Gasteiger partial charge in [0.15, 0.2) is 0 Å². The smallest absolute Gasteiger partial charge is 0.239 e. The zero-order chi connectivity index (χ0) is 13.6. The van der Waals surface area contributed by atoms with Crippen molar-refractivity contribution in [3.63, 3.8) is 0 Å². The Labute approximate surface area is 108 Å². The van der Waals surface area contributed by atoms with Gasteiger partial charge in [-0.2, -0.15) is 0 Å². The van der Waals surface area contributed by atoms with Gasteiger partial charge >= 0.3 is 0 Å². The predicted molar refractivity (Wildman–Crippen MR) is 70.8 cm³/mol. The normalized spacial score (nSPS) is 10.8. The van der Waals surface area contributed by atoms with Crippen LogP contribution in [0.25, 0.3) is 0 Å². The fraction of sp³-hybridized carbons (Fsp3) is 0.429. The van der Waals surface area contributed by atoms with E-state index in [4.69, 9.17) is 0 Å². The topological polar surface area (TPSA) is 58.2 Å². The van der Waals surface area contributed by atoms with E-state index < -0.39 is 5.41 Å². The van der Waals surface area contributed by atoms with Crippen LogP contribution in [-0.2, 0) is 16.1 Å². The maximum atomic E-state index is 11.6. The van der Waals surface area contributed by atoms with Gasteiger partial charge in [-0.05, 0) is 5.56 Å². The van der Waals surface area contributed by atoms with E-state index in [2.05, 4.69) is 10.6 Å². The molecule has 0 radical (unpaired) electrons. The minimum atomic E-state index is -0.473. The molecular formula is C14H20N2O2. The van der Waals surface area contributed by atoms with Gasteiger partial charge in [0.05, 0.1) is 6.54 Å². The lowest BCUT2D eigenvalue weighted by Gasteiger charge is -2.17. The summed E-state index contributed by atoms with van der Waals surface area (Å²) in [5, 5.41) is 5.36. The van der Waals surface area contributed by atoms with Gasteiger partial charge in [-0.25, -0.2) is 0 Å². The number of benzene rings is 1. The van der Waals surface area contributed by atoms with Crippen LogP contribution in [0.15, 0.2) is 30.3 Å². The van der Waals surface area contributed by atoms with Gasteiger partial charge in [-0.3, -0.25) is 9.59 Å². The summed E-state index contributed by atoms with van der Waals surface area (Å²) in [6.07, 6.45) is 0. The Kier molecular flexibility index (Phi) is 4.89. The molecule has 0 unspecified atom stereocenters. The second-order valence-electron chi connectivity index (χ2n) is 5.20. The van der Waals surface area contributed by atoms with Crippen LogP contribution in [0.1, 0.15) is 26.3 Å². The average molecular weight is 248 g/mol. The minimum absolute atomic E-state index is 0.0168. The van der Waals surface area contributed by atoms with Gasteiger partial charge in [0.2, 0.25) is 11.8 Å². The van der Waals surface area contributed by atoms with Gasteiger partial charge in [0, 0.05) is 12.0 Å². The average Bonchev–Trinajstić information content (AvgIpc) is 2.33. The van der Waals surface area contributed by atoms with E-state index in [9.17, 15) is 9.59 Å². The SMILES string of the molecule is CC(C)(C)C(=O)NCC(=O)NCc1ccccc1. The largest absolute Gasteiger partial charge is 0.350 e. The van der Waals surface area contributed by atoms with Crippen LogP contribution in [0, 0.1) is 5.41 Å². The van der Waals surface area contributed by atoms with Crippen molar-refractivity contribution in [1.82, 2.24) is 10.6 Å². The van der Waals surface area contributed by atoms with Crippen LogP contribution >= 0.6 is 0 Å². The lowest BCUT2D eigenvalue weighted by molar-refractivity contribution is -0.131. The first kappa shape index (κ1) is 14.2. The molecule has 4 nitrogen and oxygen atoms in total. The Morgan fingerprint density at radius 3 is 2.22 bits per heavy atom. The molecule has 0 saturated heterocycles. The van der Waals surface area contributed by atoms with Gasteiger partial charge < -0.3 is 10.6 Å². The van der Waals surface area contributed by atoms with E-state index in [1.165, 1.54) is 0 Å². The zero-order valence-electron chi connectivity index (χ0n) is 11.1. The highest BCUT2D eigenvalue weighted by Gasteiger charge is 2.21. The number of carbonyl (C=O) groups excluding carboxylic acids is 2. The van der Waals surface area contributed by atoms with E-state index in [0.717, 1.165) is 5.56 Å². The summed E-state index contributed by atoms with van der Waals surface area (Å²) in [4.78, 5) is 23.1. The quantitative estimate of drug-likeness (QED) is 0.847. The van der Waals surface area contributed by atoms with Crippen molar-refractivity contribution < 1.29 is 9.59 Å². The molecular weight excluding hydrogens is 228 g/mol. The van der Waals surface area contributed by atoms with Crippen molar-refractivity contribution in [1.29, 1.82) is 0 Å². The Morgan fingerprint density at radius 1 is 1.06 bits per heavy atom. The molecule has 0 atom stereocenters. The van der Waals surface area contributed by atoms with Gasteiger partial charge in [-0.1, -0.05) is 51.1 Å². The van der Waals surface area contributed by atoms with Crippen LogP contribution in [0.2, 0.25) is 0 Å². The van der Waals surface area contributed by atoms with Crippen molar-refractivity contribution in [2.75, 3.05) is 6.54 Å². The molecule has 0 aliphatic carbocycles. The molecule has 0 aromatic heterocycles. The Bertz CT molecular complexity index is 408. The van der Waals surface area contributed by atoms with Crippen molar-refractivity contribution in [3.8, 4) is 0 Å². The third-order valence-electron chi connectivity index (χ3n) is 2.42. The van der Waals surface area contributed by atoms with Crippen LogP contribution in [0.5, 0.6) is 0 Å². The van der Waals surface area contributed by atoms with E-state index in [0.29, 0.717) is 6.54 Å². The molecule has 4 heteroatoms. The Morgan fingerprint density at radius 2 is 1.67 bits per heavy atom. The third-order valence-corrected chi connectivity index (χ3v) is 2.42. The molecule has 98 valence electrons. The monoisotopic (exact) mass is 248 g/mol. The first-order chi connectivity index (χ1) is 8.39. The molecule has 1 aromatic carbocycles. The van der Waals surface area contributed by atoms with E-state index in [1.54, 1.807) is 0 Å². The van der Waals surface area contributed by atoms with Gasteiger partial charge in [-0.15, -0.1) is 0 Å². The molecule has 1 rings (SSSR count). The lowest BCUT2D eigenvalue weighted by atomic mass is 9.96. The fourth-order valence-corrected chi connectivity index (χ4v) is 1.28. The van der Waals surface area contributed by atoms with Crippen LogP contribution in [0.4, 0.5) is 0 Å². The lowest BCUT2D eigenvalue weighted by Crippen LogP contribution is -2.41. The Hall–Kier alpha value is -1.84. The number of rotatable bonds is 4. The second-order valence-corrected chi connectivity index (χ2v) is 5.20. The molecule has 0 heterocycles. The summed E-state index contributed by atoms with van der Waals surface area (Å²) in [5.41, 5.74) is 0.563. The molecule has 0 saturated carbocycles. The summed E-state index contributed by atoms with van der Waals surface area (Å²) in [6, 6.07) is 9.64. The van der Waals surface area contributed by atoms with E-state index >= 15 is 0 Å². The highest BCUT2D eigenvalue weighted by atomic mass is 16.2. The molecule has 0 fully saturated rings. The molecule has 2 amide bonds. The number of hydrogen-bond donors (Lipinski definition) is 2. The number of nitrogens with one attached hydrogen (secondary N) is 2. The minimum Gasteiger partial charge on any atom is -0.350 e. The van der Waals surface area contributed by atoms with Crippen molar-refractivity contribution in [3.05, 3.63) is 35.9 Å². The van der Waals surface area contributed by atoms with Gasteiger partial charge in [0.1, 0.15) is 0 Å². The Balaban J connectivity index is 2.29. The van der Waals surface area contributed by atoms with E-state index in [1.807, 2.05) is 51.1 Å². The standard InChI is InChI=1S/C14H20N2O2/c1-14(2,3)13(18)16-10-12(17)15-9-11-7-5-4-6-8-11/h4-8H,9-10H2,1-3H3,(H,15,17)(H,16,18). The first-order valence-corrected chi connectivity index (χ1v) is 5.98. The predicted octanol–water partition coefficient (Wildman–Crippen LogP) is 1.47. The molecule has 0 aliphatic heterocycles. The molecule has 1 aromatic rings. The molecule has 0 bridgehead atoms.